The van der Waals surface area contributed by atoms with Gasteiger partial charge in [0.05, 0.1) is 33.2 Å². The van der Waals surface area contributed by atoms with Crippen molar-refractivity contribution in [3.05, 3.63) is 42.4 Å². The van der Waals surface area contributed by atoms with E-state index in [2.05, 4.69) is 41.5 Å². The lowest BCUT2D eigenvalue weighted by Crippen LogP contribution is -2.49. The summed E-state index contributed by atoms with van der Waals surface area (Å²) in [5.41, 5.74) is 4.83. The number of nitrogens with zero attached hydrogens (tertiary/aromatic N) is 1. The zero-order chi connectivity index (χ0) is 20.6. The van der Waals surface area contributed by atoms with Gasteiger partial charge >= 0.3 is 6.09 Å². The van der Waals surface area contributed by atoms with Crippen molar-refractivity contribution in [2.75, 3.05) is 12.0 Å². The van der Waals surface area contributed by atoms with E-state index < -0.39 is 8.07 Å². The Morgan fingerprint density at radius 3 is 2.21 bits per heavy atom. The maximum atomic E-state index is 12.9. The van der Waals surface area contributed by atoms with Crippen LogP contribution in [0.5, 0.6) is 0 Å². The number of carbonyl (C=O) groups excluding carboxylic acids is 1. The molecule has 1 aliphatic heterocycles. The number of benzene rings is 1. The zero-order valence-corrected chi connectivity index (χ0v) is 19.2. The average Bonchev–Trinajstić information content (AvgIpc) is 3.14. The number of para-hydroxylation sites is 1. The Kier molecular flexibility index (Phi) is 5.76. The van der Waals surface area contributed by atoms with Crippen LogP contribution in [0.2, 0.25) is 22.7 Å². The molecule has 3 rings (SSSR count). The maximum Gasteiger partial charge on any atom is 0.414 e. The molecule has 0 spiro atoms. The Hall–Kier alpha value is -2.01. The Bertz CT molecular complexity index is 818. The van der Waals surface area contributed by atoms with Gasteiger partial charge < -0.3 is 9.15 Å². The summed E-state index contributed by atoms with van der Waals surface area (Å²) in [5.74, 6) is 0.892. The Labute approximate surface area is 169 Å². The molecule has 28 heavy (non-hydrogen) atoms. The molecule has 0 radical (unpaired) electrons. The summed E-state index contributed by atoms with van der Waals surface area (Å²) in [6, 6.07) is 10.9. The van der Waals surface area contributed by atoms with Crippen molar-refractivity contribution in [1.82, 2.24) is 0 Å². The fourth-order valence-electron chi connectivity index (χ4n) is 5.55. The smallest absolute Gasteiger partial charge is 0.414 e. The van der Waals surface area contributed by atoms with Crippen molar-refractivity contribution in [3.8, 4) is 11.1 Å². The van der Waals surface area contributed by atoms with Crippen LogP contribution in [0, 0.1) is 0 Å². The third-order valence-corrected chi connectivity index (χ3v) is 14.4. The molecule has 1 aromatic heterocycles. The van der Waals surface area contributed by atoms with E-state index in [0.717, 1.165) is 28.6 Å². The normalized spacial score (nSPS) is 16.5. The summed E-state index contributed by atoms with van der Waals surface area (Å²) in [6.45, 7) is 14.1. The predicted molar refractivity (Wildman–Crippen MR) is 118 cm³/mol. The second kappa shape index (κ2) is 7.78. The zero-order valence-electron chi connectivity index (χ0n) is 18.2. The van der Waals surface area contributed by atoms with Gasteiger partial charge in [0.25, 0.3) is 0 Å². The van der Waals surface area contributed by atoms with Gasteiger partial charge in [-0.25, -0.2) is 4.79 Å². The summed E-state index contributed by atoms with van der Waals surface area (Å²) in [7, 11) is -0.332. The third-order valence-electron chi connectivity index (χ3n) is 6.91. The number of carbonyl (C=O) groups is 1. The molecule has 0 aliphatic carbocycles. The SMILES string of the molecule is COC(=O)N1c2ccccc2-c2ccoc2C1C[Si](C(C)C)(C(C)C)C(C)C. The first-order chi connectivity index (χ1) is 13.3. The number of methoxy groups -OCH3 is 1. The van der Waals surface area contributed by atoms with Gasteiger partial charge in [-0.1, -0.05) is 76.4 Å². The molecule has 1 aromatic carbocycles. The molecule has 152 valence electrons. The number of anilines is 1. The largest absolute Gasteiger partial charge is 0.466 e. The molecule has 0 saturated heterocycles. The van der Waals surface area contributed by atoms with E-state index in [4.69, 9.17) is 9.15 Å². The van der Waals surface area contributed by atoms with E-state index in [9.17, 15) is 4.79 Å². The minimum Gasteiger partial charge on any atom is -0.466 e. The molecule has 1 atom stereocenters. The number of hydrogen-bond acceptors (Lipinski definition) is 3. The molecule has 1 unspecified atom stereocenters. The van der Waals surface area contributed by atoms with Gasteiger partial charge in [0.1, 0.15) is 5.76 Å². The summed E-state index contributed by atoms with van der Waals surface area (Å²) in [6.07, 6.45) is 1.43. The lowest BCUT2D eigenvalue weighted by Gasteiger charge is -2.47. The number of furan rings is 1. The molecule has 4 nitrogen and oxygen atoms in total. The second-order valence-electron chi connectivity index (χ2n) is 8.85. The topological polar surface area (TPSA) is 42.7 Å². The summed E-state index contributed by atoms with van der Waals surface area (Å²) in [5, 5.41) is 0. The molecule has 2 aromatic rings. The van der Waals surface area contributed by atoms with Crippen LogP contribution in [-0.2, 0) is 4.74 Å². The van der Waals surface area contributed by atoms with Crippen molar-refractivity contribution in [1.29, 1.82) is 0 Å². The Morgan fingerprint density at radius 1 is 1.04 bits per heavy atom. The van der Waals surface area contributed by atoms with Crippen LogP contribution in [0.15, 0.2) is 41.0 Å². The molecule has 0 saturated carbocycles. The Balaban J connectivity index is 2.19. The van der Waals surface area contributed by atoms with Crippen molar-refractivity contribution < 1.29 is 13.9 Å². The van der Waals surface area contributed by atoms with Gasteiger partial charge in [-0.3, -0.25) is 4.90 Å². The molecule has 5 heteroatoms. The van der Waals surface area contributed by atoms with Gasteiger partial charge in [-0.15, -0.1) is 0 Å². The highest BCUT2D eigenvalue weighted by Crippen LogP contribution is 2.53. The van der Waals surface area contributed by atoms with Gasteiger partial charge in [0, 0.05) is 11.1 Å². The van der Waals surface area contributed by atoms with Crippen LogP contribution >= 0.6 is 0 Å². The molecule has 0 N–H and O–H groups in total. The Morgan fingerprint density at radius 2 is 1.64 bits per heavy atom. The van der Waals surface area contributed by atoms with Crippen LogP contribution in [-0.4, -0.2) is 21.3 Å². The van der Waals surface area contributed by atoms with E-state index in [0.29, 0.717) is 16.6 Å². The average molecular weight is 400 g/mol. The molecule has 0 bridgehead atoms. The highest BCUT2D eigenvalue weighted by molar-refractivity contribution is 6.83. The summed E-state index contributed by atoms with van der Waals surface area (Å²) in [4.78, 5) is 14.8. The lowest BCUT2D eigenvalue weighted by atomic mass is 9.95. The van der Waals surface area contributed by atoms with E-state index in [1.54, 1.807) is 6.26 Å². The van der Waals surface area contributed by atoms with Crippen LogP contribution in [0.4, 0.5) is 10.5 Å². The first-order valence-electron chi connectivity index (χ1n) is 10.3. The molecular formula is C23H33NO3Si. The molecule has 2 heterocycles. The summed E-state index contributed by atoms with van der Waals surface area (Å²) < 4.78 is 11.2. The molecule has 1 aliphatic rings. The van der Waals surface area contributed by atoms with E-state index in [1.165, 1.54) is 7.11 Å². The third kappa shape index (κ3) is 3.10. The van der Waals surface area contributed by atoms with Gasteiger partial charge in [0.2, 0.25) is 0 Å². The van der Waals surface area contributed by atoms with Crippen molar-refractivity contribution in [2.45, 2.75) is 70.3 Å². The van der Waals surface area contributed by atoms with Crippen molar-refractivity contribution >= 4 is 19.9 Å². The van der Waals surface area contributed by atoms with Gasteiger partial charge in [0.15, 0.2) is 0 Å². The van der Waals surface area contributed by atoms with Crippen LogP contribution < -0.4 is 4.90 Å². The van der Waals surface area contributed by atoms with E-state index in [-0.39, 0.29) is 12.1 Å². The second-order valence-corrected chi connectivity index (χ2v) is 14.9. The number of hydrogen-bond donors (Lipinski definition) is 0. The van der Waals surface area contributed by atoms with Crippen LogP contribution in [0.25, 0.3) is 11.1 Å². The lowest BCUT2D eigenvalue weighted by molar-refractivity contribution is 0.175. The fraction of sp³-hybridized carbons (Fsp3) is 0.522. The number of ether oxygens (including phenoxy) is 1. The van der Waals surface area contributed by atoms with E-state index in [1.807, 2.05) is 35.2 Å². The minimum absolute atomic E-state index is 0.133. The number of rotatable bonds is 5. The van der Waals surface area contributed by atoms with Gasteiger partial charge in [-0.05, 0) is 18.2 Å². The minimum atomic E-state index is -1.79. The maximum absolute atomic E-state index is 12.9. The van der Waals surface area contributed by atoms with Crippen LogP contribution in [0.1, 0.15) is 53.3 Å². The number of fused-ring (bicyclic) bond motifs is 3. The van der Waals surface area contributed by atoms with Gasteiger partial charge in [-0.2, -0.15) is 0 Å². The van der Waals surface area contributed by atoms with Crippen molar-refractivity contribution in [3.63, 3.8) is 0 Å². The molecular weight excluding hydrogens is 366 g/mol. The van der Waals surface area contributed by atoms with E-state index >= 15 is 0 Å². The standard InChI is InChI=1S/C23H33NO3Si/c1-15(2)28(16(3)4,17(5)6)14-21-22-19(12-13-27-22)18-10-8-9-11-20(18)24(21)23(25)26-7/h8-13,15-17,21H,14H2,1-7H3. The number of amides is 1. The highest BCUT2D eigenvalue weighted by atomic mass is 28.3. The molecule has 0 fully saturated rings. The van der Waals surface area contributed by atoms with Crippen molar-refractivity contribution in [2.24, 2.45) is 0 Å². The monoisotopic (exact) mass is 399 g/mol. The first-order valence-corrected chi connectivity index (χ1v) is 12.7. The summed E-state index contributed by atoms with van der Waals surface area (Å²) >= 11 is 0. The quantitative estimate of drug-likeness (QED) is 0.497. The highest BCUT2D eigenvalue weighted by Gasteiger charge is 2.49. The fourth-order valence-corrected chi connectivity index (χ4v) is 12.0. The predicted octanol–water partition coefficient (Wildman–Crippen LogP) is 7.25. The first kappa shape index (κ1) is 20.7. The van der Waals surface area contributed by atoms with Crippen LogP contribution in [0.3, 0.4) is 0 Å². The molecule has 1 amide bonds.